The lowest BCUT2D eigenvalue weighted by molar-refractivity contribution is -0.118. The number of rotatable bonds is 6. The van der Waals surface area contributed by atoms with Crippen LogP contribution in [-0.2, 0) is 16.2 Å². The molecule has 0 bridgehead atoms. The van der Waals surface area contributed by atoms with Crippen LogP contribution in [0.3, 0.4) is 0 Å². The molecule has 1 aromatic heterocycles. The summed E-state index contributed by atoms with van der Waals surface area (Å²) in [4.78, 5) is 19.3. The number of carbonyl (C=O) groups is 1. The lowest BCUT2D eigenvalue weighted by Gasteiger charge is -2.23. The Kier molecular flexibility index (Phi) is 4.77. The summed E-state index contributed by atoms with van der Waals surface area (Å²) in [6.45, 7) is 7.52. The van der Waals surface area contributed by atoms with Crippen molar-refractivity contribution in [1.29, 1.82) is 0 Å². The summed E-state index contributed by atoms with van der Waals surface area (Å²) in [6, 6.07) is 14.3. The van der Waals surface area contributed by atoms with Gasteiger partial charge in [0.15, 0.2) is 0 Å². The lowest BCUT2D eigenvalue weighted by Crippen LogP contribution is -2.40. The van der Waals surface area contributed by atoms with Crippen LogP contribution in [0, 0.1) is 0 Å². The number of anilines is 1. The van der Waals surface area contributed by atoms with E-state index in [-0.39, 0.29) is 5.91 Å². The Morgan fingerprint density at radius 1 is 1.29 bits per heavy atom. The van der Waals surface area contributed by atoms with Crippen molar-refractivity contribution in [2.45, 2.75) is 25.9 Å². The summed E-state index contributed by atoms with van der Waals surface area (Å²) in [6.07, 6.45) is 2.11. The molecule has 0 spiro atoms. The number of aryl methyl sites for hydroxylation is 1. The first-order valence-electron chi connectivity index (χ1n) is 9.49. The van der Waals surface area contributed by atoms with Gasteiger partial charge in [-0.2, -0.15) is 0 Å². The number of hydrogen-bond donors (Lipinski definition) is 1. The molecule has 1 aliphatic heterocycles. The van der Waals surface area contributed by atoms with Crippen molar-refractivity contribution < 1.29 is 9.63 Å². The number of para-hydroxylation sites is 1. The first kappa shape index (κ1) is 18.1. The molecule has 0 saturated carbocycles. The molecule has 2 aromatic carbocycles. The molecular formula is C22H24N4O2. The fourth-order valence-electron chi connectivity index (χ4n) is 4.04. The van der Waals surface area contributed by atoms with Gasteiger partial charge in [0, 0.05) is 40.5 Å². The maximum atomic E-state index is 12.1. The van der Waals surface area contributed by atoms with Crippen LogP contribution in [0.5, 0.6) is 0 Å². The van der Waals surface area contributed by atoms with E-state index in [0.717, 1.165) is 17.9 Å². The van der Waals surface area contributed by atoms with Crippen molar-refractivity contribution in [3.63, 3.8) is 0 Å². The molecule has 28 heavy (non-hydrogen) atoms. The van der Waals surface area contributed by atoms with Gasteiger partial charge in [0.25, 0.3) is 0 Å². The number of nitrogens with zero attached hydrogens (tertiary/aromatic N) is 3. The van der Waals surface area contributed by atoms with Gasteiger partial charge in [0.05, 0.1) is 12.3 Å². The predicted octanol–water partition coefficient (Wildman–Crippen LogP) is 3.44. The number of carbonyl (C=O) groups excluding carboxylic acids is 1. The van der Waals surface area contributed by atoms with Gasteiger partial charge in [-0.15, -0.1) is 0 Å². The Morgan fingerprint density at radius 3 is 2.82 bits per heavy atom. The molecular weight excluding hydrogens is 352 g/mol. The van der Waals surface area contributed by atoms with E-state index in [1.54, 1.807) is 6.08 Å². The molecule has 4 rings (SSSR count). The summed E-state index contributed by atoms with van der Waals surface area (Å²) >= 11 is 0. The van der Waals surface area contributed by atoms with Gasteiger partial charge in [-0.05, 0) is 31.2 Å². The number of fused-ring (bicyclic) bond motifs is 3. The monoisotopic (exact) mass is 376 g/mol. The quantitative estimate of drug-likeness (QED) is 0.407. The number of hydrogen-bond acceptors (Lipinski definition) is 4. The second-order valence-electron chi connectivity index (χ2n) is 6.96. The lowest BCUT2D eigenvalue weighted by atomic mass is 10.1. The Bertz CT molecular complexity index is 1080. The van der Waals surface area contributed by atoms with Crippen LogP contribution < -0.4 is 10.6 Å². The minimum Gasteiger partial charge on any atom is -0.392 e. The third-order valence-corrected chi connectivity index (χ3v) is 5.28. The van der Waals surface area contributed by atoms with E-state index >= 15 is 0 Å². The maximum absolute atomic E-state index is 12.1. The first-order valence-corrected chi connectivity index (χ1v) is 9.49. The van der Waals surface area contributed by atoms with Gasteiger partial charge in [0.1, 0.15) is 12.6 Å². The van der Waals surface area contributed by atoms with Crippen molar-refractivity contribution in [3.8, 4) is 0 Å². The van der Waals surface area contributed by atoms with Crippen LogP contribution in [-0.4, -0.2) is 35.4 Å². The Labute approximate surface area is 163 Å². The van der Waals surface area contributed by atoms with E-state index in [2.05, 4.69) is 65.7 Å². The SMILES string of the molecule is C=CCO/N=C1/C[C@@H](C(N)=O)N(c2ccc3c(c2)c2ccccc2n3CC)C1. The molecule has 6 heteroatoms. The zero-order chi connectivity index (χ0) is 19.7. The average molecular weight is 376 g/mol. The normalized spacial score (nSPS) is 18.2. The highest BCUT2D eigenvalue weighted by Crippen LogP contribution is 2.34. The number of primary amides is 1. The van der Waals surface area contributed by atoms with Crippen molar-refractivity contribution in [1.82, 2.24) is 4.57 Å². The van der Waals surface area contributed by atoms with Crippen molar-refractivity contribution in [2.75, 3.05) is 18.1 Å². The highest BCUT2D eigenvalue weighted by molar-refractivity contribution is 6.10. The van der Waals surface area contributed by atoms with Crippen LogP contribution >= 0.6 is 0 Å². The van der Waals surface area contributed by atoms with Crippen LogP contribution in [0.4, 0.5) is 5.69 Å². The van der Waals surface area contributed by atoms with Gasteiger partial charge >= 0.3 is 0 Å². The minimum absolute atomic E-state index is 0.340. The molecule has 1 saturated heterocycles. The van der Waals surface area contributed by atoms with Gasteiger partial charge in [0.2, 0.25) is 5.91 Å². The van der Waals surface area contributed by atoms with Gasteiger partial charge < -0.3 is 20.0 Å². The second-order valence-corrected chi connectivity index (χ2v) is 6.96. The molecule has 0 unspecified atom stereocenters. The number of amides is 1. The van der Waals surface area contributed by atoms with E-state index in [0.29, 0.717) is 19.6 Å². The molecule has 1 aliphatic rings. The Hall–Kier alpha value is -3.28. The van der Waals surface area contributed by atoms with E-state index in [4.69, 9.17) is 10.6 Å². The largest absolute Gasteiger partial charge is 0.392 e. The summed E-state index contributed by atoms with van der Waals surface area (Å²) in [5.74, 6) is -0.356. The third-order valence-electron chi connectivity index (χ3n) is 5.28. The van der Waals surface area contributed by atoms with E-state index < -0.39 is 6.04 Å². The molecule has 1 fully saturated rings. The maximum Gasteiger partial charge on any atom is 0.240 e. The van der Waals surface area contributed by atoms with Crippen LogP contribution in [0.15, 0.2) is 60.3 Å². The molecule has 2 N–H and O–H groups in total. The number of oxime groups is 1. The smallest absolute Gasteiger partial charge is 0.240 e. The fourth-order valence-corrected chi connectivity index (χ4v) is 4.04. The fraction of sp³-hybridized carbons (Fsp3) is 0.273. The predicted molar refractivity (Wildman–Crippen MR) is 114 cm³/mol. The highest BCUT2D eigenvalue weighted by atomic mass is 16.6. The van der Waals surface area contributed by atoms with E-state index in [9.17, 15) is 4.79 Å². The molecule has 2 heterocycles. The molecule has 1 amide bonds. The van der Waals surface area contributed by atoms with Gasteiger partial charge in [-0.3, -0.25) is 4.79 Å². The van der Waals surface area contributed by atoms with Crippen LogP contribution in [0.1, 0.15) is 13.3 Å². The van der Waals surface area contributed by atoms with Crippen molar-refractivity contribution in [3.05, 3.63) is 55.1 Å². The first-order chi connectivity index (χ1) is 13.6. The number of benzene rings is 2. The summed E-state index contributed by atoms with van der Waals surface area (Å²) in [5, 5.41) is 6.52. The third kappa shape index (κ3) is 3.01. The zero-order valence-electron chi connectivity index (χ0n) is 16.0. The summed E-state index contributed by atoms with van der Waals surface area (Å²) in [5.41, 5.74) is 9.84. The molecule has 6 nitrogen and oxygen atoms in total. The van der Waals surface area contributed by atoms with Crippen LogP contribution in [0.25, 0.3) is 21.8 Å². The Balaban J connectivity index is 1.77. The van der Waals surface area contributed by atoms with Crippen LogP contribution in [0.2, 0.25) is 0 Å². The van der Waals surface area contributed by atoms with Crippen molar-refractivity contribution >= 4 is 39.1 Å². The highest BCUT2D eigenvalue weighted by Gasteiger charge is 2.34. The van der Waals surface area contributed by atoms with E-state index in [1.165, 1.54) is 21.8 Å². The number of aromatic nitrogens is 1. The topological polar surface area (TPSA) is 72.8 Å². The standard InChI is InChI=1S/C22H24N4O2/c1-3-11-28-24-15-12-21(22(23)27)26(14-15)16-9-10-20-18(13-16)17-7-5-6-8-19(17)25(20)4-2/h3,5-10,13,21H,1,4,11-12,14H2,2H3,(H2,23,27)/b24-15-/t21-/m0/s1. The molecule has 1 atom stereocenters. The van der Waals surface area contributed by atoms with Crippen molar-refractivity contribution in [2.24, 2.45) is 10.9 Å². The molecule has 0 radical (unpaired) electrons. The molecule has 3 aromatic rings. The molecule has 144 valence electrons. The summed E-state index contributed by atoms with van der Waals surface area (Å²) in [7, 11) is 0. The minimum atomic E-state index is -0.428. The zero-order valence-corrected chi connectivity index (χ0v) is 16.0. The average Bonchev–Trinajstić information content (AvgIpc) is 3.27. The molecule has 0 aliphatic carbocycles. The van der Waals surface area contributed by atoms with Gasteiger partial charge in [-0.25, -0.2) is 0 Å². The summed E-state index contributed by atoms with van der Waals surface area (Å²) < 4.78 is 2.31. The Morgan fingerprint density at radius 2 is 2.07 bits per heavy atom. The second kappa shape index (κ2) is 7.38. The van der Waals surface area contributed by atoms with E-state index in [1.807, 2.05) is 4.90 Å². The van der Waals surface area contributed by atoms with Gasteiger partial charge in [-0.1, -0.05) is 36.0 Å². The number of nitrogens with two attached hydrogens (primary N) is 1.